The molecule has 1 aliphatic carbocycles. The fourth-order valence-corrected chi connectivity index (χ4v) is 2.75. The zero-order valence-corrected chi connectivity index (χ0v) is 14.6. The number of nitrogens with one attached hydrogen (secondary N) is 2. The first-order valence-corrected chi connectivity index (χ1v) is 8.40. The summed E-state index contributed by atoms with van der Waals surface area (Å²) in [6.07, 6.45) is 1.08. The molecule has 0 aliphatic heterocycles. The van der Waals surface area contributed by atoms with Crippen molar-refractivity contribution >= 4 is 29.1 Å². The van der Waals surface area contributed by atoms with Gasteiger partial charge in [0, 0.05) is 11.6 Å². The highest BCUT2D eigenvalue weighted by molar-refractivity contribution is 6.30. The lowest BCUT2D eigenvalue weighted by molar-refractivity contribution is -0.134. The Kier molecular flexibility index (Phi) is 4.95. The lowest BCUT2D eigenvalue weighted by Gasteiger charge is -2.17. The van der Waals surface area contributed by atoms with Crippen molar-refractivity contribution in [3.8, 4) is 5.75 Å². The third kappa shape index (κ3) is 3.77. The molecule has 2 aromatic carbocycles. The number of carbonyl (C=O) groups is 2. The van der Waals surface area contributed by atoms with Crippen molar-refractivity contribution in [3.05, 3.63) is 59.1 Å². The van der Waals surface area contributed by atoms with E-state index in [0.717, 1.165) is 5.56 Å². The van der Waals surface area contributed by atoms with Crippen molar-refractivity contribution in [1.29, 1.82) is 0 Å². The molecular weight excluding hydrogens is 340 g/mol. The van der Waals surface area contributed by atoms with Gasteiger partial charge in [-0.05, 0) is 42.7 Å². The number of methoxy groups -OCH3 is 1. The SMILES string of the molecule is COc1ccccc1NC(=O)C1(C(=O)NCc2ccc(Cl)cc2)CC1. The van der Waals surface area contributed by atoms with Gasteiger partial charge in [0.1, 0.15) is 11.2 Å². The Hall–Kier alpha value is -2.53. The Balaban J connectivity index is 1.63. The van der Waals surface area contributed by atoms with Crippen LogP contribution in [0.2, 0.25) is 5.02 Å². The molecule has 0 unspecified atom stereocenters. The summed E-state index contributed by atoms with van der Waals surface area (Å²) in [7, 11) is 1.54. The average molecular weight is 359 g/mol. The number of para-hydroxylation sites is 2. The van der Waals surface area contributed by atoms with E-state index in [1.165, 1.54) is 7.11 Å². The maximum atomic E-state index is 12.6. The van der Waals surface area contributed by atoms with Gasteiger partial charge in [0.15, 0.2) is 0 Å². The van der Waals surface area contributed by atoms with Crippen LogP contribution in [0.3, 0.4) is 0 Å². The molecule has 0 spiro atoms. The molecule has 1 fully saturated rings. The quantitative estimate of drug-likeness (QED) is 0.778. The van der Waals surface area contributed by atoms with Crippen LogP contribution < -0.4 is 15.4 Å². The third-order valence-corrected chi connectivity index (χ3v) is 4.59. The van der Waals surface area contributed by atoms with Crippen LogP contribution in [0.25, 0.3) is 0 Å². The second kappa shape index (κ2) is 7.15. The first-order chi connectivity index (χ1) is 12.0. The number of anilines is 1. The number of hydrogen-bond acceptors (Lipinski definition) is 3. The number of carbonyl (C=O) groups excluding carboxylic acids is 2. The Bertz CT molecular complexity index is 786. The molecule has 0 aromatic heterocycles. The summed E-state index contributed by atoms with van der Waals surface area (Å²) in [5.74, 6) is 0.00803. The van der Waals surface area contributed by atoms with Gasteiger partial charge in [0.25, 0.3) is 0 Å². The highest BCUT2D eigenvalue weighted by atomic mass is 35.5. The summed E-state index contributed by atoms with van der Waals surface area (Å²) in [4.78, 5) is 25.1. The Labute approximate surface area is 151 Å². The number of hydrogen-bond donors (Lipinski definition) is 2. The molecule has 0 atom stereocenters. The Morgan fingerprint density at radius 1 is 1.08 bits per heavy atom. The van der Waals surface area contributed by atoms with Gasteiger partial charge in [-0.25, -0.2) is 0 Å². The fourth-order valence-electron chi connectivity index (χ4n) is 2.63. The van der Waals surface area contributed by atoms with Crippen LogP contribution in [0.15, 0.2) is 48.5 Å². The first kappa shape index (κ1) is 17.3. The highest BCUT2D eigenvalue weighted by Gasteiger charge is 2.56. The molecule has 1 aliphatic rings. The van der Waals surface area contributed by atoms with Crippen LogP contribution in [-0.4, -0.2) is 18.9 Å². The predicted octanol–water partition coefficient (Wildman–Crippen LogP) is 3.38. The van der Waals surface area contributed by atoms with Gasteiger partial charge in [0.2, 0.25) is 11.8 Å². The van der Waals surface area contributed by atoms with Crippen LogP contribution >= 0.6 is 11.6 Å². The summed E-state index contributed by atoms with van der Waals surface area (Å²) in [5, 5.41) is 6.29. The van der Waals surface area contributed by atoms with Crippen LogP contribution in [0, 0.1) is 5.41 Å². The van der Waals surface area contributed by atoms with E-state index in [1.54, 1.807) is 30.3 Å². The molecule has 0 bridgehead atoms. The number of benzene rings is 2. The zero-order chi connectivity index (χ0) is 17.9. The van der Waals surface area contributed by atoms with E-state index in [1.807, 2.05) is 18.2 Å². The normalized spacial score (nSPS) is 14.5. The fraction of sp³-hybridized carbons (Fsp3) is 0.263. The predicted molar refractivity (Wildman–Crippen MR) is 96.6 cm³/mol. The van der Waals surface area contributed by atoms with E-state index in [9.17, 15) is 9.59 Å². The molecule has 3 rings (SSSR count). The summed E-state index contributed by atoms with van der Waals surface area (Å²) in [6.45, 7) is 0.361. The Morgan fingerprint density at radius 3 is 2.40 bits per heavy atom. The van der Waals surface area contributed by atoms with Crippen molar-refractivity contribution in [2.45, 2.75) is 19.4 Å². The molecule has 2 N–H and O–H groups in total. The minimum atomic E-state index is -0.993. The van der Waals surface area contributed by atoms with Crippen molar-refractivity contribution in [2.24, 2.45) is 5.41 Å². The third-order valence-electron chi connectivity index (χ3n) is 4.34. The minimum absolute atomic E-state index is 0.255. The van der Waals surface area contributed by atoms with Crippen LogP contribution in [-0.2, 0) is 16.1 Å². The maximum Gasteiger partial charge on any atom is 0.240 e. The molecule has 0 heterocycles. The highest BCUT2D eigenvalue weighted by Crippen LogP contribution is 2.47. The monoisotopic (exact) mass is 358 g/mol. The first-order valence-electron chi connectivity index (χ1n) is 8.02. The van der Waals surface area contributed by atoms with Gasteiger partial charge in [-0.2, -0.15) is 0 Å². The molecule has 2 amide bonds. The van der Waals surface area contributed by atoms with Gasteiger partial charge >= 0.3 is 0 Å². The molecule has 0 radical (unpaired) electrons. The van der Waals surface area contributed by atoms with E-state index in [0.29, 0.717) is 35.8 Å². The van der Waals surface area contributed by atoms with E-state index in [4.69, 9.17) is 16.3 Å². The summed E-state index contributed by atoms with van der Waals surface area (Å²) in [6, 6.07) is 14.4. The number of amides is 2. The summed E-state index contributed by atoms with van der Waals surface area (Å²) >= 11 is 5.85. The van der Waals surface area contributed by atoms with Crippen LogP contribution in [0.5, 0.6) is 5.75 Å². The number of rotatable bonds is 6. The molecule has 0 saturated heterocycles. The molecule has 130 valence electrons. The van der Waals surface area contributed by atoms with Gasteiger partial charge in [-0.3, -0.25) is 9.59 Å². The number of halogens is 1. The van der Waals surface area contributed by atoms with Crippen LogP contribution in [0.1, 0.15) is 18.4 Å². The second-order valence-corrected chi connectivity index (χ2v) is 6.48. The minimum Gasteiger partial charge on any atom is -0.495 e. The van der Waals surface area contributed by atoms with Crippen molar-refractivity contribution in [1.82, 2.24) is 5.32 Å². The van der Waals surface area contributed by atoms with Crippen molar-refractivity contribution < 1.29 is 14.3 Å². The molecule has 5 nitrogen and oxygen atoms in total. The summed E-state index contributed by atoms with van der Waals surface area (Å²) < 4.78 is 5.23. The van der Waals surface area contributed by atoms with E-state index in [-0.39, 0.29) is 11.8 Å². The molecule has 1 saturated carbocycles. The average Bonchev–Trinajstić information content (AvgIpc) is 3.43. The van der Waals surface area contributed by atoms with E-state index < -0.39 is 5.41 Å². The van der Waals surface area contributed by atoms with E-state index in [2.05, 4.69) is 10.6 Å². The van der Waals surface area contributed by atoms with Crippen molar-refractivity contribution in [2.75, 3.05) is 12.4 Å². The number of ether oxygens (including phenoxy) is 1. The summed E-state index contributed by atoms with van der Waals surface area (Å²) in [5.41, 5.74) is 0.498. The smallest absolute Gasteiger partial charge is 0.240 e. The van der Waals surface area contributed by atoms with Gasteiger partial charge in [-0.1, -0.05) is 35.9 Å². The lowest BCUT2D eigenvalue weighted by Crippen LogP contribution is -2.39. The zero-order valence-electron chi connectivity index (χ0n) is 13.8. The van der Waals surface area contributed by atoms with Crippen molar-refractivity contribution in [3.63, 3.8) is 0 Å². The topological polar surface area (TPSA) is 67.4 Å². The maximum absolute atomic E-state index is 12.6. The van der Waals surface area contributed by atoms with E-state index >= 15 is 0 Å². The molecular formula is C19H19ClN2O3. The largest absolute Gasteiger partial charge is 0.495 e. The molecule has 25 heavy (non-hydrogen) atoms. The lowest BCUT2D eigenvalue weighted by atomic mass is 10.0. The van der Waals surface area contributed by atoms with Gasteiger partial charge < -0.3 is 15.4 Å². The second-order valence-electron chi connectivity index (χ2n) is 6.05. The van der Waals surface area contributed by atoms with Gasteiger partial charge in [0.05, 0.1) is 12.8 Å². The van der Waals surface area contributed by atoms with Gasteiger partial charge in [-0.15, -0.1) is 0 Å². The van der Waals surface area contributed by atoms with Crippen LogP contribution in [0.4, 0.5) is 5.69 Å². The standard InChI is InChI=1S/C19H19ClN2O3/c1-25-16-5-3-2-4-15(16)22-18(24)19(10-11-19)17(23)21-12-13-6-8-14(20)9-7-13/h2-9H,10-12H2,1H3,(H,21,23)(H,22,24). The Morgan fingerprint density at radius 2 is 1.76 bits per heavy atom. The molecule has 2 aromatic rings. The molecule has 6 heteroatoms.